The van der Waals surface area contributed by atoms with Crippen molar-refractivity contribution in [1.82, 2.24) is 0 Å². The second-order valence-corrected chi connectivity index (χ2v) is 5.38. The molecule has 0 aliphatic heterocycles. The van der Waals surface area contributed by atoms with E-state index in [2.05, 4.69) is 15.9 Å². The van der Waals surface area contributed by atoms with Gasteiger partial charge < -0.3 is 10.8 Å². The van der Waals surface area contributed by atoms with Gasteiger partial charge in [0.1, 0.15) is 6.10 Å². The average Bonchev–Trinajstić information content (AvgIpc) is 2.35. The fraction of sp³-hybridized carbons (Fsp3) is 0.143. The largest absolute Gasteiger partial charge is 0.397 e. The lowest BCUT2D eigenvalue weighted by atomic mass is 9.96. The van der Waals surface area contributed by atoms with Crippen LogP contribution < -0.4 is 5.73 Å². The second kappa shape index (κ2) is 5.31. The van der Waals surface area contributed by atoms with Crippen molar-refractivity contribution in [2.75, 3.05) is 5.73 Å². The summed E-state index contributed by atoms with van der Waals surface area (Å²) in [5, 5.41) is 11.0. The Labute approximate surface area is 120 Å². The normalized spacial score (nSPS) is 12.4. The van der Waals surface area contributed by atoms with E-state index in [4.69, 9.17) is 17.3 Å². The third-order valence-electron chi connectivity index (χ3n) is 2.93. The zero-order chi connectivity index (χ0) is 13.3. The highest BCUT2D eigenvalue weighted by atomic mass is 79.9. The van der Waals surface area contributed by atoms with Gasteiger partial charge in [0.2, 0.25) is 0 Å². The first kappa shape index (κ1) is 13.4. The molecule has 18 heavy (non-hydrogen) atoms. The van der Waals surface area contributed by atoms with Gasteiger partial charge in [0.05, 0.1) is 5.69 Å². The predicted octanol–water partition coefficient (Wildman–Crippen LogP) is 4.07. The highest BCUT2D eigenvalue weighted by molar-refractivity contribution is 9.10. The number of aryl methyl sites for hydroxylation is 1. The number of halogens is 2. The smallest absolute Gasteiger partial charge is 0.108 e. The summed E-state index contributed by atoms with van der Waals surface area (Å²) < 4.78 is 0.772. The maximum Gasteiger partial charge on any atom is 0.108 e. The molecule has 2 rings (SSSR count). The van der Waals surface area contributed by atoms with E-state index >= 15 is 0 Å². The predicted molar refractivity (Wildman–Crippen MR) is 78.8 cm³/mol. The Balaban J connectivity index is 2.56. The molecule has 2 aromatic carbocycles. The van der Waals surface area contributed by atoms with E-state index in [1.807, 2.05) is 31.2 Å². The van der Waals surface area contributed by atoms with Crippen molar-refractivity contribution in [2.45, 2.75) is 13.0 Å². The molecule has 0 saturated heterocycles. The van der Waals surface area contributed by atoms with Crippen molar-refractivity contribution in [1.29, 1.82) is 0 Å². The molecule has 94 valence electrons. The molecule has 2 nitrogen and oxygen atoms in total. The quantitative estimate of drug-likeness (QED) is 0.817. The first-order valence-electron chi connectivity index (χ1n) is 5.49. The van der Waals surface area contributed by atoms with Crippen LogP contribution in [0.5, 0.6) is 0 Å². The van der Waals surface area contributed by atoms with E-state index in [1.165, 1.54) is 0 Å². The Morgan fingerprint density at radius 3 is 2.56 bits per heavy atom. The summed E-state index contributed by atoms with van der Waals surface area (Å²) in [6.07, 6.45) is -0.823. The monoisotopic (exact) mass is 325 g/mol. The van der Waals surface area contributed by atoms with Crippen LogP contribution in [0.15, 0.2) is 40.9 Å². The van der Waals surface area contributed by atoms with Crippen LogP contribution in [-0.2, 0) is 0 Å². The molecule has 0 fully saturated rings. The number of nitrogens with two attached hydrogens (primary N) is 1. The fourth-order valence-electron chi connectivity index (χ4n) is 1.93. The van der Waals surface area contributed by atoms with Gasteiger partial charge in [-0.05, 0) is 40.5 Å². The first-order chi connectivity index (χ1) is 8.52. The molecular formula is C14H13BrClNO. The number of aliphatic hydroxyl groups is 1. The average molecular weight is 327 g/mol. The molecule has 0 spiro atoms. The van der Waals surface area contributed by atoms with Crippen LogP contribution >= 0.6 is 27.5 Å². The van der Waals surface area contributed by atoms with Crippen molar-refractivity contribution < 1.29 is 5.11 Å². The Hall–Kier alpha value is -1.03. The molecule has 0 bridgehead atoms. The van der Waals surface area contributed by atoms with Crippen LogP contribution in [-0.4, -0.2) is 5.11 Å². The van der Waals surface area contributed by atoms with Crippen LogP contribution in [0.2, 0.25) is 5.02 Å². The summed E-state index contributed by atoms with van der Waals surface area (Å²) in [5.74, 6) is 0. The number of hydrogen-bond donors (Lipinski definition) is 2. The molecule has 0 aromatic heterocycles. The van der Waals surface area contributed by atoms with Crippen LogP contribution in [0.4, 0.5) is 5.69 Å². The van der Waals surface area contributed by atoms with Gasteiger partial charge in [0.15, 0.2) is 0 Å². The van der Waals surface area contributed by atoms with Gasteiger partial charge >= 0.3 is 0 Å². The molecule has 0 amide bonds. The number of nitrogen functional groups attached to an aromatic ring is 1. The zero-order valence-electron chi connectivity index (χ0n) is 9.82. The van der Waals surface area contributed by atoms with Crippen molar-refractivity contribution in [2.24, 2.45) is 0 Å². The van der Waals surface area contributed by atoms with Gasteiger partial charge in [-0.1, -0.05) is 35.9 Å². The van der Waals surface area contributed by atoms with Gasteiger partial charge in [-0.2, -0.15) is 0 Å². The topological polar surface area (TPSA) is 46.2 Å². The van der Waals surface area contributed by atoms with Gasteiger partial charge in [-0.25, -0.2) is 0 Å². The maximum absolute atomic E-state index is 10.5. The highest BCUT2D eigenvalue weighted by Gasteiger charge is 2.19. The van der Waals surface area contributed by atoms with Crippen molar-refractivity contribution in [3.63, 3.8) is 0 Å². The number of aliphatic hydroxyl groups excluding tert-OH is 1. The number of benzene rings is 2. The first-order valence-corrected chi connectivity index (χ1v) is 6.66. The molecule has 2 aromatic rings. The molecule has 0 saturated carbocycles. The van der Waals surface area contributed by atoms with Gasteiger partial charge in [-0.15, -0.1) is 0 Å². The van der Waals surface area contributed by atoms with E-state index in [0.29, 0.717) is 21.8 Å². The molecule has 0 radical (unpaired) electrons. The molecule has 1 atom stereocenters. The standard InChI is InChI=1S/C14H13BrClNO/c1-8-6-7-10(15)13(17)12(8)14(18)9-4-2-3-5-11(9)16/h2-7,14,18H,17H2,1H3. The minimum absolute atomic E-state index is 0.531. The Morgan fingerprint density at radius 1 is 1.22 bits per heavy atom. The van der Waals surface area contributed by atoms with E-state index in [0.717, 1.165) is 10.0 Å². The molecule has 3 N–H and O–H groups in total. The van der Waals surface area contributed by atoms with Crippen LogP contribution in [0.1, 0.15) is 22.8 Å². The zero-order valence-corrected chi connectivity index (χ0v) is 12.2. The van der Waals surface area contributed by atoms with Gasteiger partial charge in [0.25, 0.3) is 0 Å². The molecule has 4 heteroatoms. The van der Waals surface area contributed by atoms with Crippen LogP contribution in [0, 0.1) is 6.92 Å². The number of anilines is 1. The molecular weight excluding hydrogens is 314 g/mol. The maximum atomic E-state index is 10.5. The molecule has 1 unspecified atom stereocenters. The van der Waals surface area contributed by atoms with Crippen LogP contribution in [0.3, 0.4) is 0 Å². The van der Waals surface area contributed by atoms with E-state index in [9.17, 15) is 5.11 Å². The Kier molecular flexibility index (Phi) is 3.95. The fourth-order valence-corrected chi connectivity index (χ4v) is 2.52. The van der Waals surface area contributed by atoms with Crippen molar-refractivity contribution in [3.8, 4) is 0 Å². The minimum Gasteiger partial charge on any atom is -0.397 e. The molecule has 0 aliphatic carbocycles. The van der Waals surface area contributed by atoms with Crippen molar-refractivity contribution >= 4 is 33.2 Å². The van der Waals surface area contributed by atoms with Crippen molar-refractivity contribution in [3.05, 3.63) is 62.6 Å². The summed E-state index contributed by atoms with van der Waals surface area (Å²) in [6, 6.07) is 11.0. The third-order valence-corrected chi connectivity index (χ3v) is 3.96. The summed E-state index contributed by atoms with van der Waals surface area (Å²) in [7, 11) is 0. The SMILES string of the molecule is Cc1ccc(Br)c(N)c1C(O)c1ccccc1Cl. The van der Waals surface area contributed by atoms with Crippen LogP contribution in [0.25, 0.3) is 0 Å². The molecule has 0 aliphatic rings. The Bertz CT molecular complexity index is 586. The minimum atomic E-state index is -0.823. The Morgan fingerprint density at radius 2 is 1.89 bits per heavy atom. The third kappa shape index (κ3) is 2.39. The summed E-state index contributed by atoms with van der Waals surface area (Å²) >= 11 is 9.47. The highest BCUT2D eigenvalue weighted by Crippen LogP contribution is 2.36. The molecule has 0 heterocycles. The lowest BCUT2D eigenvalue weighted by Gasteiger charge is -2.18. The number of hydrogen-bond acceptors (Lipinski definition) is 2. The van der Waals surface area contributed by atoms with Gasteiger partial charge in [-0.3, -0.25) is 0 Å². The second-order valence-electron chi connectivity index (χ2n) is 4.12. The van der Waals surface area contributed by atoms with E-state index in [1.54, 1.807) is 12.1 Å². The number of rotatable bonds is 2. The van der Waals surface area contributed by atoms with E-state index in [-0.39, 0.29) is 0 Å². The van der Waals surface area contributed by atoms with E-state index < -0.39 is 6.10 Å². The summed E-state index contributed by atoms with van der Waals surface area (Å²) in [6.45, 7) is 1.91. The summed E-state index contributed by atoms with van der Waals surface area (Å²) in [5.41, 5.74) is 8.85. The summed E-state index contributed by atoms with van der Waals surface area (Å²) in [4.78, 5) is 0. The lowest BCUT2D eigenvalue weighted by molar-refractivity contribution is 0.220. The lowest BCUT2D eigenvalue weighted by Crippen LogP contribution is -2.07. The van der Waals surface area contributed by atoms with Gasteiger partial charge in [0, 0.05) is 20.6 Å².